The van der Waals surface area contributed by atoms with Crippen LogP contribution in [0.5, 0.6) is 11.5 Å². The zero-order valence-corrected chi connectivity index (χ0v) is 17.9. The Morgan fingerprint density at radius 3 is 2.59 bits per heavy atom. The number of hydrogen-bond donors (Lipinski definition) is 1. The Hall–Kier alpha value is -4.06. The summed E-state index contributed by atoms with van der Waals surface area (Å²) in [5.41, 5.74) is 3.19. The Balaban J connectivity index is 1.34. The van der Waals surface area contributed by atoms with Gasteiger partial charge in [-0.25, -0.2) is 0 Å². The summed E-state index contributed by atoms with van der Waals surface area (Å²) in [4.78, 5) is 26.0. The molecule has 162 valence electrons. The Kier molecular flexibility index (Phi) is 6.22. The van der Waals surface area contributed by atoms with Crippen LogP contribution in [0.25, 0.3) is 6.08 Å². The third kappa shape index (κ3) is 4.98. The molecule has 1 unspecified atom stereocenters. The van der Waals surface area contributed by atoms with Crippen LogP contribution < -0.4 is 19.7 Å². The summed E-state index contributed by atoms with van der Waals surface area (Å²) >= 11 is 0. The molecule has 0 fully saturated rings. The van der Waals surface area contributed by atoms with Gasteiger partial charge < -0.3 is 19.7 Å². The maximum absolute atomic E-state index is 12.3. The lowest BCUT2D eigenvalue weighted by Gasteiger charge is -2.30. The SMILES string of the molecule is CC1Oc2ccc(NC(=O)/C=C/c3ccc(OCc4ccccc4)cc3)cc2N(C)C1=O. The number of benzene rings is 3. The van der Waals surface area contributed by atoms with Crippen molar-refractivity contribution in [2.24, 2.45) is 0 Å². The van der Waals surface area contributed by atoms with Crippen molar-refractivity contribution < 1.29 is 19.1 Å². The maximum atomic E-state index is 12.3. The monoisotopic (exact) mass is 428 g/mol. The van der Waals surface area contributed by atoms with Gasteiger partial charge in [0.05, 0.1) is 5.69 Å². The zero-order valence-electron chi connectivity index (χ0n) is 17.9. The molecule has 0 bridgehead atoms. The molecule has 0 aromatic heterocycles. The summed E-state index contributed by atoms with van der Waals surface area (Å²) in [6.07, 6.45) is 2.67. The van der Waals surface area contributed by atoms with Gasteiger partial charge in [0.25, 0.3) is 5.91 Å². The second-order valence-corrected chi connectivity index (χ2v) is 7.51. The van der Waals surface area contributed by atoms with Crippen molar-refractivity contribution in [2.75, 3.05) is 17.3 Å². The van der Waals surface area contributed by atoms with Crippen LogP contribution in [0.4, 0.5) is 11.4 Å². The number of carbonyl (C=O) groups excluding carboxylic acids is 2. The number of likely N-dealkylation sites (N-methyl/N-ethyl adjacent to an activating group) is 1. The van der Waals surface area contributed by atoms with Gasteiger partial charge in [0.2, 0.25) is 5.91 Å². The van der Waals surface area contributed by atoms with Gasteiger partial charge >= 0.3 is 0 Å². The van der Waals surface area contributed by atoms with E-state index < -0.39 is 6.10 Å². The molecule has 1 aliphatic heterocycles. The summed E-state index contributed by atoms with van der Waals surface area (Å²) in [6, 6.07) is 22.7. The van der Waals surface area contributed by atoms with Crippen LogP contribution in [0.1, 0.15) is 18.1 Å². The predicted octanol–water partition coefficient (Wildman–Crippen LogP) is 4.66. The predicted molar refractivity (Wildman–Crippen MR) is 125 cm³/mol. The largest absolute Gasteiger partial charge is 0.489 e. The van der Waals surface area contributed by atoms with Crippen LogP contribution in [0.3, 0.4) is 0 Å². The van der Waals surface area contributed by atoms with Gasteiger partial charge in [-0.1, -0.05) is 42.5 Å². The molecule has 3 aromatic rings. The third-order valence-corrected chi connectivity index (χ3v) is 5.13. The van der Waals surface area contributed by atoms with E-state index in [0.717, 1.165) is 16.9 Å². The summed E-state index contributed by atoms with van der Waals surface area (Å²) in [5, 5.41) is 2.81. The molecule has 1 heterocycles. The standard InChI is InChI=1S/C26H24N2O4/c1-18-26(30)28(2)23-16-21(11-14-24(23)32-18)27-25(29)15-10-19-8-12-22(13-9-19)31-17-20-6-4-3-5-7-20/h3-16,18H,17H2,1-2H3,(H,27,29)/b15-10+. The first-order valence-electron chi connectivity index (χ1n) is 10.3. The molecule has 6 heteroatoms. The van der Waals surface area contributed by atoms with Gasteiger partial charge in [0.15, 0.2) is 6.10 Å². The number of anilines is 2. The highest BCUT2D eigenvalue weighted by molar-refractivity contribution is 6.04. The lowest BCUT2D eigenvalue weighted by Crippen LogP contribution is -2.41. The van der Waals surface area contributed by atoms with Crippen LogP contribution in [-0.4, -0.2) is 25.0 Å². The first-order chi connectivity index (χ1) is 15.5. The fraction of sp³-hybridized carbons (Fsp3) is 0.154. The smallest absolute Gasteiger partial charge is 0.267 e. The van der Waals surface area contributed by atoms with Crippen LogP contribution in [-0.2, 0) is 16.2 Å². The molecule has 1 aliphatic rings. The molecule has 2 amide bonds. The van der Waals surface area contributed by atoms with Gasteiger partial charge in [-0.2, -0.15) is 0 Å². The van der Waals surface area contributed by atoms with E-state index >= 15 is 0 Å². The van der Waals surface area contributed by atoms with Crippen LogP contribution in [0.2, 0.25) is 0 Å². The van der Waals surface area contributed by atoms with Crippen molar-refractivity contribution in [2.45, 2.75) is 19.6 Å². The number of carbonyl (C=O) groups is 2. The molecule has 3 aromatic carbocycles. The van der Waals surface area contributed by atoms with Crippen molar-refractivity contribution in [1.82, 2.24) is 0 Å². The van der Waals surface area contributed by atoms with E-state index in [2.05, 4.69) is 5.32 Å². The van der Waals surface area contributed by atoms with Gasteiger partial charge in [0, 0.05) is 18.8 Å². The Labute approximate surface area is 187 Å². The van der Waals surface area contributed by atoms with Gasteiger partial charge in [-0.3, -0.25) is 9.59 Å². The van der Waals surface area contributed by atoms with Crippen molar-refractivity contribution >= 4 is 29.3 Å². The minimum absolute atomic E-state index is 0.128. The Morgan fingerprint density at radius 1 is 1.09 bits per heavy atom. The number of ether oxygens (including phenoxy) is 2. The summed E-state index contributed by atoms with van der Waals surface area (Å²) in [7, 11) is 1.69. The van der Waals surface area contributed by atoms with Crippen LogP contribution in [0.15, 0.2) is 78.9 Å². The molecule has 6 nitrogen and oxygen atoms in total. The number of rotatable bonds is 6. The highest BCUT2D eigenvalue weighted by atomic mass is 16.5. The van der Waals surface area contributed by atoms with Gasteiger partial charge in [-0.15, -0.1) is 0 Å². The number of nitrogens with one attached hydrogen (secondary N) is 1. The van der Waals surface area contributed by atoms with E-state index in [0.29, 0.717) is 23.7 Å². The summed E-state index contributed by atoms with van der Waals surface area (Å²) in [5.74, 6) is 0.980. The van der Waals surface area contributed by atoms with Crippen molar-refractivity contribution in [3.8, 4) is 11.5 Å². The average molecular weight is 428 g/mol. The van der Waals surface area contributed by atoms with E-state index in [1.807, 2.05) is 54.6 Å². The molecule has 1 atom stereocenters. The summed E-state index contributed by atoms with van der Waals surface area (Å²) < 4.78 is 11.4. The zero-order chi connectivity index (χ0) is 22.5. The molecule has 0 aliphatic carbocycles. The van der Waals surface area contributed by atoms with Crippen molar-refractivity contribution in [3.05, 3.63) is 90.0 Å². The molecule has 0 saturated carbocycles. The Bertz CT molecular complexity index is 1140. The quantitative estimate of drug-likeness (QED) is 0.580. The number of nitrogens with zero attached hydrogens (tertiary/aromatic N) is 1. The maximum Gasteiger partial charge on any atom is 0.267 e. The van der Waals surface area contributed by atoms with Gasteiger partial charge in [0.1, 0.15) is 18.1 Å². The molecule has 0 radical (unpaired) electrons. The molecular weight excluding hydrogens is 404 g/mol. The van der Waals surface area contributed by atoms with E-state index in [-0.39, 0.29) is 11.8 Å². The minimum atomic E-state index is -0.522. The minimum Gasteiger partial charge on any atom is -0.489 e. The van der Waals surface area contributed by atoms with Crippen molar-refractivity contribution in [1.29, 1.82) is 0 Å². The van der Waals surface area contributed by atoms with Gasteiger partial charge in [-0.05, 0) is 54.5 Å². The lowest BCUT2D eigenvalue weighted by atomic mass is 10.1. The molecular formula is C26H24N2O4. The molecule has 1 N–H and O–H groups in total. The second-order valence-electron chi connectivity index (χ2n) is 7.51. The first kappa shape index (κ1) is 21.2. The molecule has 4 rings (SSSR count). The van der Waals surface area contributed by atoms with E-state index in [9.17, 15) is 9.59 Å². The van der Waals surface area contributed by atoms with E-state index in [1.165, 1.54) is 11.0 Å². The highest BCUT2D eigenvalue weighted by Gasteiger charge is 2.28. The topological polar surface area (TPSA) is 67.9 Å². The third-order valence-electron chi connectivity index (χ3n) is 5.13. The van der Waals surface area contributed by atoms with E-state index in [4.69, 9.17) is 9.47 Å². The van der Waals surface area contributed by atoms with E-state index in [1.54, 1.807) is 38.2 Å². The second kappa shape index (κ2) is 9.39. The molecule has 0 saturated heterocycles. The van der Waals surface area contributed by atoms with Crippen LogP contribution in [0, 0.1) is 0 Å². The Morgan fingerprint density at radius 2 is 1.84 bits per heavy atom. The van der Waals surface area contributed by atoms with Crippen molar-refractivity contribution in [3.63, 3.8) is 0 Å². The summed E-state index contributed by atoms with van der Waals surface area (Å²) in [6.45, 7) is 2.22. The number of amides is 2. The number of fused-ring (bicyclic) bond motifs is 1. The fourth-order valence-corrected chi connectivity index (χ4v) is 3.36. The fourth-order valence-electron chi connectivity index (χ4n) is 3.36. The normalized spacial score (nSPS) is 15.2. The lowest BCUT2D eigenvalue weighted by molar-refractivity contribution is -0.125. The number of hydrogen-bond acceptors (Lipinski definition) is 4. The molecule has 32 heavy (non-hydrogen) atoms. The highest BCUT2D eigenvalue weighted by Crippen LogP contribution is 2.35. The molecule has 0 spiro atoms. The first-order valence-corrected chi connectivity index (χ1v) is 10.3. The van der Waals surface area contributed by atoms with Crippen LogP contribution >= 0.6 is 0 Å². The average Bonchev–Trinajstić information content (AvgIpc) is 2.82.